The summed E-state index contributed by atoms with van der Waals surface area (Å²) in [5, 5.41) is 0. The molecule has 0 N–H and O–H groups in total. The molecule has 2 nitrogen and oxygen atoms in total. The molecule has 0 rings (SSSR count). The maximum atomic E-state index is 5.53. The predicted octanol–water partition coefficient (Wildman–Crippen LogP) is 2.98. The zero-order valence-electron chi connectivity index (χ0n) is 9.50. The Hall–Kier alpha value is -0.340. The lowest BCUT2D eigenvalue weighted by Gasteiger charge is -2.13. The average molecular weight is 199 g/mol. The number of unbranched alkanes of at least 4 members (excludes halogenated alkanes) is 2. The molecule has 1 atom stereocenters. The molecule has 0 saturated carbocycles. The molecule has 0 aliphatic carbocycles. The summed E-state index contributed by atoms with van der Waals surface area (Å²) in [5.41, 5.74) is 0. The Balaban J connectivity index is 3.33. The highest BCUT2D eigenvalue weighted by atomic mass is 16.5. The van der Waals surface area contributed by atoms with Crippen molar-refractivity contribution in [3.63, 3.8) is 0 Å². The molecule has 0 spiro atoms. The van der Waals surface area contributed by atoms with Gasteiger partial charge in [0.1, 0.15) is 0 Å². The SMILES string of the molecule is [CH]=CC(CCCCC)OCCOCC. The molecule has 0 aromatic heterocycles. The topological polar surface area (TPSA) is 18.5 Å². The molecule has 83 valence electrons. The van der Waals surface area contributed by atoms with Crippen LogP contribution >= 0.6 is 0 Å². The van der Waals surface area contributed by atoms with Gasteiger partial charge in [0, 0.05) is 6.61 Å². The van der Waals surface area contributed by atoms with E-state index in [1.807, 2.05) is 6.92 Å². The van der Waals surface area contributed by atoms with E-state index in [0.717, 1.165) is 13.0 Å². The van der Waals surface area contributed by atoms with E-state index < -0.39 is 0 Å². The molecule has 0 aliphatic rings. The molecule has 1 radical (unpaired) electrons. The summed E-state index contributed by atoms with van der Waals surface area (Å²) in [6, 6.07) is 0. The van der Waals surface area contributed by atoms with Crippen LogP contribution in [0.25, 0.3) is 0 Å². The van der Waals surface area contributed by atoms with Gasteiger partial charge in [-0.15, -0.1) is 0 Å². The summed E-state index contributed by atoms with van der Waals surface area (Å²) >= 11 is 0. The van der Waals surface area contributed by atoms with E-state index >= 15 is 0 Å². The maximum Gasteiger partial charge on any atom is 0.0760 e. The van der Waals surface area contributed by atoms with Crippen LogP contribution in [0.15, 0.2) is 6.08 Å². The van der Waals surface area contributed by atoms with Crippen LogP contribution in [0.4, 0.5) is 0 Å². The van der Waals surface area contributed by atoms with Gasteiger partial charge in [0.15, 0.2) is 0 Å². The first-order valence-electron chi connectivity index (χ1n) is 5.59. The van der Waals surface area contributed by atoms with Crippen LogP contribution in [-0.2, 0) is 9.47 Å². The van der Waals surface area contributed by atoms with E-state index in [1.165, 1.54) is 19.3 Å². The number of hydrogen-bond donors (Lipinski definition) is 0. The normalized spacial score (nSPS) is 12.7. The summed E-state index contributed by atoms with van der Waals surface area (Å²) in [6.45, 7) is 11.7. The van der Waals surface area contributed by atoms with Crippen LogP contribution in [0.3, 0.4) is 0 Å². The van der Waals surface area contributed by atoms with Crippen LogP contribution in [0.5, 0.6) is 0 Å². The fourth-order valence-corrected chi connectivity index (χ4v) is 1.23. The first kappa shape index (κ1) is 13.7. The van der Waals surface area contributed by atoms with Crippen LogP contribution in [0.2, 0.25) is 0 Å². The van der Waals surface area contributed by atoms with Crippen LogP contribution in [0, 0.1) is 6.58 Å². The lowest BCUT2D eigenvalue weighted by molar-refractivity contribution is 0.0231. The third kappa shape index (κ3) is 8.27. The molecule has 0 amide bonds. The number of rotatable bonds is 10. The third-order valence-corrected chi connectivity index (χ3v) is 2.07. The second-order valence-electron chi connectivity index (χ2n) is 3.29. The minimum absolute atomic E-state index is 0.0991. The molecular formula is C12H23O2. The highest BCUT2D eigenvalue weighted by Crippen LogP contribution is 2.07. The van der Waals surface area contributed by atoms with E-state index in [-0.39, 0.29) is 6.10 Å². The van der Waals surface area contributed by atoms with Crippen LogP contribution < -0.4 is 0 Å². The van der Waals surface area contributed by atoms with Crippen molar-refractivity contribution in [2.45, 2.75) is 45.6 Å². The Labute approximate surface area is 88.3 Å². The van der Waals surface area contributed by atoms with Crippen molar-refractivity contribution < 1.29 is 9.47 Å². The van der Waals surface area contributed by atoms with Gasteiger partial charge in [-0.1, -0.05) is 38.8 Å². The highest BCUT2D eigenvalue weighted by molar-refractivity contribution is 4.76. The predicted molar refractivity (Wildman–Crippen MR) is 59.2 cm³/mol. The Bertz CT molecular complexity index is 123. The van der Waals surface area contributed by atoms with E-state index in [9.17, 15) is 0 Å². The lowest BCUT2D eigenvalue weighted by atomic mass is 10.1. The van der Waals surface area contributed by atoms with Crippen molar-refractivity contribution in [2.75, 3.05) is 19.8 Å². The lowest BCUT2D eigenvalue weighted by Crippen LogP contribution is -2.14. The molecule has 0 bridgehead atoms. The Kier molecular flexibility index (Phi) is 10.5. The number of ether oxygens (including phenoxy) is 2. The van der Waals surface area contributed by atoms with Crippen molar-refractivity contribution in [3.05, 3.63) is 12.7 Å². The molecule has 1 unspecified atom stereocenters. The summed E-state index contributed by atoms with van der Waals surface area (Å²) in [6.07, 6.45) is 6.43. The first-order valence-corrected chi connectivity index (χ1v) is 5.59. The number of hydrogen-bond acceptors (Lipinski definition) is 2. The van der Waals surface area contributed by atoms with Gasteiger partial charge in [0.25, 0.3) is 0 Å². The monoisotopic (exact) mass is 199 g/mol. The third-order valence-electron chi connectivity index (χ3n) is 2.07. The Morgan fingerprint density at radius 2 is 2.00 bits per heavy atom. The van der Waals surface area contributed by atoms with Crippen molar-refractivity contribution >= 4 is 0 Å². The van der Waals surface area contributed by atoms with Crippen LogP contribution in [-0.4, -0.2) is 25.9 Å². The fourth-order valence-electron chi connectivity index (χ4n) is 1.23. The molecule has 0 saturated heterocycles. The Morgan fingerprint density at radius 1 is 1.21 bits per heavy atom. The molecule has 14 heavy (non-hydrogen) atoms. The van der Waals surface area contributed by atoms with Crippen LogP contribution in [0.1, 0.15) is 39.5 Å². The Morgan fingerprint density at radius 3 is 2.57 bits per heavy atom. The van der Waals surface area contributed by atoms with E-state index in [1.54, 1.807) is 6.08 Å². The molecular weight excluding hydrogens is 176 g/mol. The average Bonchev–Trinajstić information content (AvgIpc) is 2.22. The van der Waals surface area contributed by atoms with Crippen molar-refractivity contribution in [2.24, 2.45) is 0 Å². The van der Waals surface area contributed by atoms with Crippen molar-refractivity contribution in [3.8, 4) is 0 Å². The minimum atomic E-state index is 0.0991. The molecule has 0 heterocycles. The summed E-state index contributed by atoms with van der Waals surface area (Å²) in [5.74, 6) is 0. The second kappa shape index (κ2) is 10.7. The van der Waals surface area contributed by atoms with Gasteiger partial charge in [-0.25, -0.2) is 0 Å². The fraction of sp³-hybridized carbons (Fsp3) is 0.833. The second-order valence-corrected chi connectivity index (χ2v) is 3.29. The minimum Gasteiger partial charge on any atom is -0.379 e. The summed E-state index contributed by atoms with van der Waals surface area (Å²) in [4.78, 5) is 0. The zero-order valence-corrected chi connectivity index (χ0v) is 9.50. The maximum absolute atomic E-state index is 5.53. The van der Waals surface area contributed by atoms with E-state index in [0.29, 0.717) is 13.2 Å². The standard InChI is InChI=1S/C12H23O2/c1-4-7-8-9-12(5-2)14-11-10-13-6-3/h2,5,12H,4,6-11H2,1,3H3. The highest BCUT2D eigenvalue weighted by Gasteiger charge is 2.03. The van der Waals surface area contributed by atoms with Gasteiger partial charge in [0.05, 0.1) is 19.3 Å². The summed E-state index contributed by atoms with van der Waals surface area (Å²) in [7, 11) is 0. The van der Waals surface area contributed by atoms with Gasteiger partial charge in [-0.3, -0.25) is 0 Å². The molecule has 2 heteroatoms. The largest absolute Gasteiger partial charge is 0.379 e. The van der Waals surface area contributed by atoms with Gasteiger partial charge in [-0.05, 0) is 13.3 Å². The molecule has 0 aliphatic heterocycles. The van der Waals surface area contributed by atoms with E-state index in [2.05, 4.69) is 6.92 Å². The molecule has 0 fully saturated rings. The van der Waals surface area contributed by atoms with Gasteiger partial charge in [-0.2, -0.15) is 0 Å². The van der Waals surface area contributed by atoms with Crippen molar-refractivity contribution in [1.82, 2.24) is 0 Å². The first-order chi connectivity index (χ1) is 6.85. The summed E-state index contributed by atoms with van der Waals surface area (Å²) < 4.78 is 10.7. The smallest absolute Gasteiger partial charge is 0.0760 e. The molecule has 0 aromatic rings. The molecule has 0 aromatic carbocycles. The van der Waals surface area contributed by atoms with Crippen molar-refractivity contribution in [1.29, 1.82) is 0 Å². The zero-order chi connectivity index (χ0) is 10.6. The van der Waals surface area contributed by atoms with Gasteiger partial charge in [0.2, 0.25) is 0 Å². The van der Waals surface area contributed by atoms with E-state index in [4.69, 9.17) is 16.1 Å². The van der Waals surface area contributed by atoms with Gasteiger partial charge < -0.3 is 9.47 Å². The quantitative estimate of drug-likeness (QED) is 0.504. The van der Waals surface area contributed by atoms with Gasteiger partial charge >= 0.3 is 0 Å².